The molecule has 0 bridgehead atoms. The van der Waals surface area contributed by atoms with Gasteiger partial charge < -0.3 is 10.4 Å². The van der Waals surface area contributed by atoms with Crippen molar-refractivity contribution in [1.29, 1.82) is 0 Å². The first-order valence-corrected chi connectivity index (χ1v) is 8.48. The van der Waals surface area contributed by atoms with E-state index in [9.17, 15) is 20.0 Å². The summed E-state index contributed by atoms with van der Waals surface area (Å²) >= 11 is 1.15. The molecular weight excluding hydrogens is 354 g/mol. The lowest BCUT2D eigenvalue weighted by atomic mass is 10.1. The largest absolute Gasteiger partial charge is 0.868 e. The van der Waals surface area contributed by atoms with Gasteiger partial charge in [-0.2, -0.15) is 0 Å². The Balaban J connectivity index is 1.91. The third kappa shape index (κ3) is 3.60. The highest BCUT2D eigenvalue weighted by atomic mass is 32.2. The molecule has 0 aromatic heterocycles. The van der Waals surface area contributed by atoms with Crippen molar-refractivity contribution in [2.45, 2.75) is 13.8 Å². The molecule has 2 aromatic rings. The molecule has 3 rings (SSSR count). The Morgan fingerprint density at radius 3 is 2.54 bits per heavy atom. The van der Waals surface area contributed by atoms with E-state index in [1.165, 1.54) is 12.1 Å². The number of thioether (sulfide) groups is 1. The van der Waals surface area contributed by atoms with Gasteiger partial charge in [0, 0.05) is 6.07 Å². The fourth-order valence-electron chi connectivity index (χ4n) is 2.48. The first-order valence-electron chi connectivity index (χ1n) is 7.66. The standard InChI is InChI=1S/C18H15N3O4S/c1-10-4-3-5-11(2)16(10)19-18-20-17(23)15(26-18)9-12-6-7-14(22)13(8-12)21(24)25/h3-9,22H,1-2H3,(H,19,20,23)/p-1/b15-9+. The number of amides is 1. The van der Waals surface area contributed by atoms with Crippen LogP contribution in [-0.4, -0.2) is 16.0 Å². The zero-order valence-electron chi connectivity index (χ0n) is 14.0. The first kappa shape index (κ1) is 17.7. The van der Waals surface area contributed by atoms with Crippen LogP contribution in [0.5, 0.6) is 5.75 Å². The quantitative estimate of drug-likeness (QED) is 0.508. The highest BCUT2D eigenvalue weighted by Crippen LogP contribution is 2.32. The summed E-state index contributed by atoms with van der Waals surface area (Å²) in [4.78, 5) is 27.2. The number of rotatable bonds is 3. The molecule has 0 saturated carbocycles. The Bertz CT molecular complexity index is 962. The average molecular weight is 368 g/mol. The van der Waals surface area contributed by atoms with E-state index in [2.05, 4.69) is 10.3 Å². The van der Waals surface area contributed by atoms with Crippen molar-refractivity contribution in [2.24, 2.45) is 4.99 Å². The summed E-state index contributed by atoms with van der Waals surface area (Å²) in [5.41, 5.74) is 2.66. The molecule has 26 heavy (non-hydrogen) atoms. The number of hydrogen-bond donors (Lipinski definition) is 1. The number of benzene rings is 2. The van der Waals surface area contributed by atoms with Crippen LogP contribution in [0.1, 0.15) is 16.7 Å². The van der Waals surface area contributed by atoms with Crippen molar-refractivity contribution in [2.75, 3.05) is 0 Å². The second-order valence-corrected chi connectivity index (χ2v) is 6.74. The Morgan fingerprint density at radius 2 is 1.88 bits per heavy atom. The summed E-state index contributed by atoms with van der Waals surface area (Å²) in [5, 5.41) is 25.5. The SMILES string of the molecule is Cc1cccc(C)c1N=C1NC(=O)/C(=C\c2ccc([O-])c([N+](=O)[O-])c2)S1. The van der Waals surface area contributed by atoms with E-state index >= 15 is 0 Å². The van der Waals surface area contributed by atoms with Crippen LogP contribution in [0, 0.1) is 24.0 Å². The number of hydrogen-bond acceptors (Lipinski definition) is 6. The van der Waals surface area contributed by atoms with Crippen LogP contribution >= 0.6 is 11.8 Å². The third-order valence-corrected chi connectivity index (χ3v) is 4.69. The van der Waals surface area contributed by atoms with E-state index in [1.807, 2.05) is 32.0 Å². The van der Waals surface area contributed by atoms with Gasteiger partial charge in [0.25, 0.3) is 11.6 Å². The van der Waals surface area contributed by atoms with Gasteiger partial charge >= 0.3 is 0 Å². The third-order valence-electron chi connectivity index (χ3n) is 3.78. The number of nitrogens with one attached hydrogen (secondary N) is 1. The molecule has 0 spiro atoms. The smallest absolute Gasteiger partial charge is 0.264 e. The number of aryl methyl sites for hydroxylation is 2. The molecule has 132 valence electrons. The lowest BCUT2D eigenvalue weighted by Gasteiger charge is -2.06. The van der Waals surface area contributed by atoms with Crippen molar-refractivity contribution < 1.29 is 14.8 Å². The summed E-state index contributed by atoms with van der Waals surface area (Å²) in [7, 11) is 0. The first-order chi connectivity index (χ1) is 12.3. The predicted octanol–water partition coefficient (Wildman–Crippen LogP) is 3.18. The summed E-state index contributed by atoms with van der Waals surface area (Å²) in [5.74, 6) is -1.01. The summed E-state index contributed by atoms with van der Waals surface area (Å²) in [6.45, 7) is 3.88. The molecule has 1 amide bonds. The Hall–Kier alpha value is -3.13. The highest BCUT2D eigenvalue weighted by molar-refractivity contribution is 8.18. The van der Waals surface area contributed by atoms with E-state index in [0.717, 1.165) is 40.7 Å². The zero-order valence-corrected chi connectivity index (χ0v) is 14.8. The van der Waals surface area contributed by atoms with Gasteiger partial charge in [0.05, 0.1) is 15.5 Å². The molecule has 8 heteroatoms. The van der Waals surface area contributed by atoms with E-state index in [-0.39, 0.29) is 5.91 Å². The molecule has 0 unspecified atom stereocenters. The minimum Gasteiger partial charge on any atom is -0.868 e. The fraction of sp³-hybridized carbons (Fsp3) is 0.111. The number of carbonyl (C=O) groups excluding carboxylic acids is 1. The second-order valence-electron chi connectivity index (χ2n) is 5.71. The molecule has 1 heterocycles. The van der Waals surface area contributed by atoms with Crippen LogP contribution in [0.3, 0.4) is 0 Å². The van der Waals surface area contributed by atoms with Crippen molar-refractivity contribution in [3.05, 3.63) is 68.1 Å². The molecule has 2 aromatic carbocycles. The Labute approximate surface area is 153 Å². The van der Waals surface area contributed by atoms with Crippen LogP contribution in [0.25, 0.3) is 6.08 Å². The maximum absolute atomic E-state index is 12.2. The molecule has 7 nitrogen and oxygen atoms in total. The number of carbonyl (C=O) groups is 1. The van der Waals surface area contributed by atoms with Crippen LogP contribution in [-0.2, 0) is 4.79 Å². The van der Waals surface area contributed by atoms with Gasteiger partial charge in [-0.15, -0.1) is 0 Å². The van der Waals surface area contributed by atoms with E-state index < -0.39 is 16.4 Å². The monoisotopic (exact) mass is 368 g/mol. The van der Waals surface area contributed by atoms with Gasteiger partial charge in [-0.3, -0.25) is 14.9 Å². The van der Waals surface area contributed by atoms with Crippen LogP contribution in [0.2, 0.25) is 0 Å². The van der Waals surface area contributed by atoms with Crippen molar-refractivity contribution in [3.63, 3.8) is 0 Å². The average Bonchev–Trinajstić information content (AvgIpc) is 2.92. The molecule has 1 aliphatic rings. The topological polar surface area (TPSA) is 108 Å². The van der Waals surface area contributed by atoms with Gasteiger partial charge in [0.1, 0.15) is 0 Å². The number of nitro groups is 1. The molecular formula is C18H14N3O4S-. The number of aliphatic imine (C=N–C) groups is 1. The van der Waals surface area contributed by atoms with Gasteiger partial charge in [-0.1, -0.05) is 30.3 Å². The maximum Gasteiger partial charge on any atom is 0.264 e. The van der Waals surface area contributed by atoms with Crippen molar-refractivity contribution in [3.8, 4) is 5.75 Å². The summed E-state index contributed by atoms with van der Waals surface area (Å²) in [6.07, 6.45) is 1.50. The summed E-state index contributed by atoms with van der Waals surface area (Å²) in [6, 6.07) is 9.53. The van der Waals surface area contributed by atoms with Crippen LogP contribution in [0.4, 0.5) is 11.4 Å². The van der Waals surface area contributed by atoms with Gasteiger partial charge in [-0.05, 0) is 54.1 Å². The van der Waals surface area contributed by atoms with Gasteiger partial charge in [-0.25, -0.2) is 4.99 Å². The number of nitrogens with zero attached hydrogens (tertiary/aromatic N) is 2. The molecule has 1 saturated heterocycles. The number of para-hydroxylation sites is 1. The molecule has 1 fully saturated rings. The molecule has 0 radical (unpaired) electrons. The molecule has 0 aliphatic carbocycles. The minimum absolute atomic E-state index is 0.339. The number of amidine groups is 1. The molecule has 1 aliphatic heterocycles. The lowest BCUT2D eigenvalue weighted by Crippen LogP contribution is -2.19. The Kier molecular flexibility index (Phi) is 4.77. The lowest BCUT2D eigenvalue weighted by molar-refractivity contribution is -0.398. The molecule has 0 atom stereocenters. The fourth-order valence-corrected chi connectivity index (χ4v) is 3.31. The molecule has 1 N–H and O–H groups in total. The van der Waals surface area contributed by atoms with E-state index in [4.69, 9.17) is 0 Å². The zero-order chi connectivity index (χ0) is 18.8. The Morgan fingerprint density at radius 1 is 1.19 bits per heavy atom. The van der Waals surface area contributed by atoms with E-state index in [1.54, 1.807) is 0 Å². The van der Waals surface area contributed by atoms with Crippen LogP contribution in [0.15, 0.2) is 46.3 Å². The van der Waals surface area contributed by atoms with E-state index in [0.29, 0.717) is 15.6 Å². The predicted molar refractivity (Wildman–Crippen MR) is 99.3 cm³/mol. The number of nitro benzene ring substituents is 1. The summed E-state index contributed by atoms with van der Waals surface area (Å²) < 4.78 is 0. The second kappa shape index (κ2) is 7.01. The minimum atomic E-state index is -0.736. The van der Waals surface area contributed by atoms with Crippen LogP contribution < -0.4 is 10.4 Å². The maximum atomic E-state index is 12.2. The normalized spacial score (nSPS) is 16.9. The van der Waals surface area contributed by atoms with Crippen molar-refractivity contribution in [1.82, 2.24) is 5.32 Å². The van der Waals surface area contributed by atoms with Gasteiger partial charge in [0.15, 0.2) is 5.17 Å². The van der Waals surface area contributed by atoms with Gasteiger partial charge in [0.2, 0.25) is 0 Å². The highest BCUT2D eigenvalue weighted by Gasteiger charge is 2.24. The van der Waals surface area contributed by atoms with Crippen molar-refractivity contribution >= 4 is 40.3 Å².